The molecule has 0 atom stereocenters. The fraction of sp³-hybridized carbons (Fsp3) is 0.118. The molecule has 0 unspecified atom stereocenters. The van der Waals surface area contributed by atoms with Crippen LogP contribution in [0.1, 0.15) is 21.5 Å². The highest BCUT2D eigenvalue weighted by Crippen LogP contribution is 2.12. The van der Waals surface area contributed by atoms with Crippen molar-refractivity contribution in [3.8, 4) is 0 Å². The minimum atomic E-state index is -0.279. The summed E-state index contributed by atoms with van der Waals surface area (Å²) in [5, 5.41) is 12.7. The van der Waals surface area contributed by atoms with Crippen molar-refractivity contribution >= 4 is 35.0 Å². The van der Waals surface area contributed by atoms with Gasteiger partial charge in [-0.05, 0) is 29.8 Å². The Morgan fingerprint density at radius 1 is 1.08 bits per heavy atom. The van der Waals surface area contributed by atoms with Gasteiger partial charge in [0.15, 0.2) is 0 Å². The number of anilines is 1. The summed E-state index contributed by atoms with van der Waals surface area (Å²) in [7, 11) is 3.88. The molecule has 0 saturated carbocycles. The number of amides is 1. The molecular formula is C17H18N4O2S. The molecule has 1 amide bonds. The van der Waals surface area contributed by atoms with Crippen molar-refractivity contribution in [3.05, 3.63) is 65.2 Å². The van der Waals surface area contributed by atoms with Crippen LogP contribution in [0.4, 0.5) is 5.69 Å². The maximum Gasteiger partial charge on any atom is 0.271 e. The number of hydrazone groups is 1. The molecule has 124 valence electrons. The summed E-state index contributed by atoms with van der Waals surface area (Å²) < 4.78 is 0. The summed E-state index contributed by atoms with van der Waals surface area (Å²) >= 11 is 4.91. The third-order valence-corrected chi connectivity index (χ3v) is 3.63. The zero-order valence-corrected chi connectivity index (χ0v) is 14.2. The molecule has 3 N–H and O–H groups in total. The van der Waals surface area contributed by atoms with E-state index in [0.29, 0.717) is 11.1 Å². The maximum atomic E-state index is 12.0. The maximum absolute atomic E-state index is 12.0. The Kier molecular flexibility index (Phi) is 6.00. The smallest absolute Gasteiger partial charge is 0.271 e. The van der Waals surface area contributed by atoms with E-state index in [4.69, 9.17) is 17.4 Å². The third kappa shape index (κ3) is 4.61. The zero-order valence-electron chi connectivity index (χ0n) is 13.4. The molecule has 0 saturated heterocycles. The number of benzene rings is 2. The molecule has 0 bridgehead atoms. The Bertz CT molecular complexity index is 740. The second kappa shape index (κ2) is 8.19. The zero-order chi connectivity index (χ0) is 17.5. The van der Waals surface area contributed by atoms with Crippen LogP contribution in [0.5, 0.6) is 0 Å². The lowest BCUT2D eigenvalue weighted by Gasteiger charge is -2.12. The third-order valence-electron chi connectivity index (χ3n) is 3.30. The van der Waals surface area contributed by atoms with Gasteiger partial charge in [0.25, 0.3) is 5.91 Å². The predicted octanol–water partition coefficient (Wildman–Crippen LogP) is 2.17. The predicted molar refractivity (Wildman–Crippen MR) is 98.9 cm³/mol. The van der Waals surface area contributed by atoms with Crippen LogP contribution >= 0.6 is 12.2 Å². The van der Waals surface area contributed by atoms with Crippen molar-refractivity contribution in [1.29, 1.82) is 0 Å². The number of hydrogen-bond donors (Lipinski definition) is 3. The van der Waals surface area contributed by atoms with E-state index in [0.717, 1.165) is 11.3 Å². The molecule has 0 aliphatic carbocycles. The quantitative estimate of drug-likeness (QED) is 0.441. The molecule has 0 aliphatic heterocycles. The van der Waals surface area contributed by atoms with E-state index in [1.165, 1.54) is 6.21 Å². The Morgan fingerprint density at radius 3 is 2.21 bits per heavy atom. The highest BCUT2D eigenvalue weighted by atomic mass is 32.1. The number of carbonyl (C=O) groups excluding carboxylic acids is 1. The average Bonchev–Trinajstić information content (AvgIpc) is 2.61. The number of hydrogen-bond acceptors (Lipinski definition) is 5. The van der Waals surface area contributed by atoms with Crippen molar-refractivity contribution in [2.45, 2.75) is 0 Å². The van der Waals surface area contributed by atoms with Gasteiger partial charge in [-0.25, -0.2) is 5.43 Å². The van der Waals surface area contributed by atoms with Crippen LogP contribution in [0.15, 0.2) is 53.6 Å². The van der Waals surface area contributed by atoms with Gasteiger partial charge in [0.05, 0.1) is 6.21 Å². The SMILES string of the molecule is CN(C)c1ccc(C(=O)N/N=C/c2ccc(C(=S)NO)cc2)cc1. The van der Waals surface area contributed by atoms with Gasteiger partial charge in [0.2, 0.25) is 0 Å². The Balaban J connectivity index is 1.95. The molecule has 6 nitrogen and oxygen atoms in total. The van der Waals surface area contributed by atoms with Crippen LogP contribution in [0.2, 0.25) is 0 Å². The largest absolute Gasteiger partial charge is 0.378 e. The summed E-state index contributed by atoms with van der Waals surface area (Å²) in [6.07, 6.45) is 1.53. The molecule has 7 heteroatoms. The minimum absolute atomic E-state index is 0.243. The first-order valence-corrected chi connectivity index (χ1v) is 7.57. The van der Waals surface area contributed by atoms with E-state index in [9.17, 15) is 4.79 Å². The Labute approximate surface area is 145 Å². The molecule has 0 radical (unpaired) electrons. The molecule has 0 aromatic heterocycles. The van der Waals surface area contributed by atoms with E-state index in [2.05, 4.69) is 10.5 Å². The van der Waals surface area contributed by atoms with Gasteiger partial charge in [-0.3, -0.25) is 15.5 Å². The van der Waals surface area contributed by atoms with Crippen molar-refractivity contribution < 1.29 is 10.0 Å². The lowest BCUT2D eigenvalue weighted by molar-refractivity contribution is 0.0955. The Hall–Kier alpha value is -2.77. The molecule has 24 heavy (non-hydrogen) atoms. The van der Waals surface area contributed by atoms with Gasteiger partial charge in [-0.2, -0.15) is 5.10 Å². The number of thiocarbonyl (C=S) groups is 1. The number of nitrogens with one attached hydrogen (secondary N) is 2. The summed E-state index contributed by atoms with van der Waals surface area (Å²) in [6, 6.07) is 14.3. The minimum Gasteiger partial charge on any atom is -0.378 e. The average molecular weight is 342 g/mol. The molecular weight excluding hydrogens is 324 g/mol. The second-order valence-corrected chi connectivity index (χ2v) is 5.61. The fourth-order valence-corrected chi connectivity index (χ4v) is 2.06. The van der Waals surface area contributed by atoms with Gasteiger partial charge in [0, 0.05) is 30.9 Å². The number of rotatable bonds is 5. The summed E-state index contributed by atoms with van der Waals surface area (Å²) in [4.78, 5) is 14.2. The monoisotopic (exact) mass is 342 g/mol. The van der Waals surface area contributed by atoms with Crippen LogP contribution in [-0.4, -0.2) is 36.4 Å². The first-order valence-electron chi connectivity index (χ1n) is 7.16. The van der Waals surface area contributed by atoms with Crippen molar-refractivity contribution in [3.63, 3.8) is 0 Å². The molecule has 0 heterocycles. The van der Waals surface area contributed by atoms with E-state index >= 15 is 0 Å². The van der Waals surface area contributed by atoms with E-state index in [-0.39, 0.29) is 10.9 Å². The van der Waals surface area contributed by atoms with Crippen LogP contribution in [-0.2, 0) is 0 Å². The normalized spacial score (nSPS) is 10.5. The van der Waals surface area contributed by atoms with E-state index < -0.39 is 0 Å². The van der Waals surface area contributed by atoms with Crippen LogP contribution in [0.25, 0.3) is 0 Å². The molecule has 2 rings (SSSR count). The molecule has 2 aromatic rings. The van der Waals surface area contributed by atoms with Crippen LogP contribution in [0, 0.1) is 0 Å². The molecule has 0 spiro atoms. The highest BCUT2D eigenvalue weighted by molar-refractivity contribution is 7.80. The van der Waals surface area contributed by atoms with Crippen molar-refractivity contribution in [2.24, 2.45) is 5.10 Å². The first kappa shape index (κ1) is 17.6. The lowest BCUT2D eigenvalue weighted by atomic mass is 10.1. The standard InChI is InChI=1S/C17H18N4O2S/c1-21(2)15-9-7-13(8-10-15)16(22)19-18-11-12-3-5-14(6-4-12)17(24)20-23/h3-11,23H,1-2H3,(H,19,22)(H,20,24)/b18-11+. The van der Waals surface area contributed by atoms with Gasteiger partial charge >= 0.3 is 0 Å². The van der Waals surface area contributed by atoms with Gasteiger partial charge in [-0.1, -0.05) is 36.5 Å². The summed E-state index contributed by atoms with van der Waals surface area (Å²) in [5.41, 5.74) is 7.45. The highest BCUT2D eigenvalue weighted by Gasteiger charge is 2.04. The van der Waals surface area contributed by atoms with Gasteiger partial charge in [0.1, 0.15) is 4.99 Å². The lowest BCUT2D eigenvalue weighted by Crippen LogP contribution is -2.18. The Morgan fingerprint density at radius 2 is 1.67 bits per heavy atom. The van der Waals surface area contributed by atoms with Crippen molar-refractivity contribution in [1.82, 2.24) is 10.9 Å². The second-order valence-electron chi connectivity index (χ2n) is 5.20. The van der Waals surface area contributed by atoms with Crippen LogP contribution in [0.3, 0.4) is 0 Å². The fourth-order valence-electron chi connectivity index (χ4n) is 1.93. The van der Waals surface area contributed by atoms with Crippen molar-refractivity contribution in [2.75, 3.05) is 19.0 Å². The molecule has 0 aliphatic rings. The van der Waals surface area contributed by atoms with Crippen LogP contribution < -0.4 is 15.8 Å². The van der Waals surface area contributed by atoms with E-state index in [1.54, 1.807) is 36.4 Å². The number of nitrogens with zero attached hydrogens (tertiary/aromatic N) is 2. The molecule has 0 fully saturated rings. The topological polar surface area (TPSA) is 77.0 Å². The first-order chi connectivity index (χ1) is 11.5. The van der Waals surface area contributed by atoms with E-state index in [1.807, 2.05) is 36.6 Å². The summed E-state index contributed by atoms with van der Waals surface area (Å²) in [6.45, 7) is 0. The van der Waals surface area contributed by atoms with Gasteiger partial charge < -0.3 is 4.90 Å². The van der Waals surface area contributed by atoms with Gasteiger partial charge in [-0.15, -0.1) is 0 Å². The summed E-state index contributed by atoms with van der Waals surface area (Å²) in [5.74, 6) is -0.279. The number of carbonyl (C=O) groups is 1. The molecule has 2 aromatic carbocycles. The number of hydroxylamine groups is 1.